The van der Waals surface area contributed by atoms with E-state index in [4.69, 9.17) is 19.2 Å². The molecule has 3 aromatic carbocycles. The van der Waals surface area contributed by atoms with Crippen LogP contribution in [-0.4, -0.2) is 101 Å². The van der Waals surface area contributed by atoms with E-state index < -0.39 is 24.3 Å². The number of methoxy groups -OCH3 is 3. The molecule has 2 fully saturated rings. The van der Waals surface area contributed by atoms with Crippen molar-refractivity contribution in [2.75, 3.05) is 41.0 Å². The number of ether oxygens (including phenoxy) is 3. The highest BCUT2D eigenvalue weighted by Crippen LogP contribution is 2.38. The maximum atomic E-state index is 14.2. The van der Waals surface area contributed by atoms with Crippen LogP contribution in [0.15, 0.2) is 91.3 Å². The molecule has 0 saturated carbocycles. The van der Waals surface area contributed by atoms with Crippen LogP contribution >= 0.6 is 0 Å². The first-order valence-corrected chi connectivity index (χ1v) is 20.2. The Kier molecular flexibility index (Phi) is 12.9. The van der Waals surface area contributed by atoms with E-state index >= 15 is 0 Å². The van der Waals surface area contributed by atoms with E-state index in [1.807, 2.05) is 68.4 Å². The van der Waals surface area contributed by atoms with Crippen molar-refractivity contribution in [1.82, 2.24) is 40.4 Å². The Balaban J connectivity index is 1.03. The number of carbonyl (C=O) groups is 4. The van der Waals surface area contributed by atoms with Gasteiger partial charge in [0.1, 0.15) is 23.7 Å². The number of carbonyl (C=O) groups excluding carboxylic acids is 4. The number of hydrogen-bond donors (Lipinski definition) is 4. The van der Waals surface area contributed by atoms with Gasteiger partial charge in [0.25, 0.3) is 5.91 Å². The Hall–Kier alpha value is -6.48. The average Bonchev–Trinajstić information content (AvgIpc) is 4.12. The molecule has 2 aliphatic rings. The highest BCUT2D eigenvalue weighted by molar-refractivity contribution is 5.88. The molecule has 60 heavy (non-hydrogen) atoms. The molecule has 15 nitrogen and oxygen atoms in total. The number of imidazole rings is 2. The van der Waals surface area contributed by atoms with E-state index in [0.717, 1.165) is 46.5 Å². The molecule has 4 N–H and O–H groups in total. The normalized spacial score (nSPS) is 18.6. The van der Waals surface area contributed by atoms with Crippen LogP contribution in [0.5, 0.6) is 0 Å². The first-order chi connectivity index (χ1) is 29.1. The summed E-state index contributed by atoms with van der Waals surface area (Å²) in [4.78, 5) is 72.0. The number of likely N-dealkylation sites (tertiary alicyclic amines) is 2. The summed E-state index contributed by atoms with van der Waals surface area (Å²) < 4.78 is 15.1. The molecule has 5 aromatic rings. The van der Waals surface area contributed by atoms with Gasteiger partial charge in [-0.05, 0) is 53.0 Å². The van der Waals surface area contributed by atoms with Gasteiger partial charge >= 0.3 is 12.2 Å². The van der Waals surface area contributed by atoms with E-state index in [2.05, 4.69) is 49.9 Å². The van der Waals surface area contributed by atoms with Crippen LogP contribution in [0.1, 0.15) is 68.4 Å². The standard InChI is InChI=1S/C45H52N8O7/c1-27(2)38(50-44(56)59-4)42(54)52-21-9-12-36(52)40-46-23-34(48-40)31-17-13-29(14-18-31)30-15-19-32(20-16-30)35-24-47-41(49-35)37-22-28(26-58-3)25-53(37)43(55)39(51-45(57)60-5)33-10-7-6-8-11-33/h6-8,10-11,13-20,23-24,27-28,36-39H,9,12,21-22,25-26H2,1-5H3,(H,46,48)(H,47,49)(H,50,56)(H,51,57)/t28-,36-,37-,38-,39+/m0/s1. The smallest absolute Gasteiger partial charge is 0.407 e. The Morgan fingerprint density at radius 3 is 1.82 bits per heavy atom. The highest BCUT2D eigenvalue weighted by atomic mass is 16.5. The molecule has 4 heterocycles. The molecule has 0 aliphatic carbocycles. The molecule has 314 valence electrons. The lowest BCUT2D eigenvalue weighted by Gasteiger charge is -2.30. The molecule has 0 spiro atoms. The van der Waals surface area contributed by atoms with Crippen molar-refractivity contribution in [3.05, 3.63) is 108 Å². The maximum Gasteiger partial charge on any atom is 0.407 e. The third-order valence-corrected chi connectivity index (χ3v) is 11.4. The Labute approximate surface area is 349 Å². The van der Waals surface area contributed by atoms with E-state index in [1.54, 1.807) is 29.3 Å². The second-order valence-electron chi connectivity index (χ2n) is 15.6. The quantitative estimate of drug-likeness (QED) is 0.0992. The number of H-pyrrole nitrogens is 2. The minimum Gasteiger partial charge on any atom is -0.453 e. The predicted molar refractivity (Wildman–Crippen MR) is 224 cm³/mol. The Morgan fingerprint density at radius 2 is 1.27 bits per heavy atom. The lowest BCUT2D eigenvalue weighted by Crippen LogP contribution is -2.51. The predicted octanol–water partition coefficient (Wildman–Crippen LogP) is 6.81. The molecule has 0 unspecified atom stereocenters. The van der Waals surface area contributed by atoms with E-state index in [9.17, 15) is 19.2 Å². The number of amides is 4. The molecular formula is C45H52N8O7. The van der Waals surface area contributed by atoms with Gasteiger partial charge in [-0.2, -0.15) is 0 Å². The van der Waals surface area contributed by atoms with Gasteiger partial charge in [0.2, 0.25) is 5.91 Å². The van der Waals surface area contributed by atoms with Gasteiger partial charge in [0.15, 0.2) is 0 Å². The van der Waals surface area contributed by atoms with Crippen molar-refractivity contribution in [3.8, 4) is 33.6 Å². The molecule has 4 amide bonds. The summed E-state index contributed by atoms with van der Waals surface area (Å²) in [5, 5.41) is 5.42. The molecule has 2 saturated heterocycles. The Bertz CT molecular complexity index is 2260. The van der Waals surface area contributed by atoms with Crippen LogP contribution in [0.4, 0.5) is 9.59 Å². The minimum absolute atomic E-state index is 0.0854. The second-order valence-corrected chi connectivity index (χ2v) is 15.6. The van der Waals surface area contributed by atoms with Crippen molar-refractivity contribution in [3.63, 3.8) is 0 Å². The van der Waals surface area contributed by atoms with Gasteiger partial charge in [0.05, 0.1) is 56.7 Å². The minimum atomic E-state index is -0.933. The van der Waals surface area contributed by atoms with E-state index in [-0.39, 0.29) is 35.7 Å². The van der Waals surface area contributed by atoms with Gasteiger partial charge in [-0.3, -0.25) is 9.59 Å². The number of alkyl carbamates (subject to hydrolysis) is 2. The lowest BCUT2D eigenvalue weighted by molar-refractivity contribution is -0.136. The monoisotopic (exact) mass is 816 g/mol. The number of aromatic nitrogens is 4. The fourth-order valence-corrected chi connectivity index (χ4v) is 8.24. The van der Waals surface area contributed by atoms with E-state index in [0.29, 0.717) is 43.3 Å². The number of nitrogens with zero attached hydrogens (tertiary/aromatic N) is 4. The molecule has 0 bridgehead atoms. The number of rotatable bonds is 13. The molecule has 2 aliphatic heterocycles. The number of aromatic amines is 2. The summed E-state index contributed by atoms with van der Waals surface area (Å²) >= 11 is 0. The van der Waals surface area contributed by atoms with E-state index in [1.165, 1.54) is 14.2 Å². The summed E-state index contributed by atoms with van der Waals surface area (Å²) in [7, 11) is 4.21. The maximum absolute atomic E-state index is 14.2. The molecule has 15 heteroatoms. The van der Waals surface area contributed by atoms with Crippen LogP contribution in [-0.2, 0) is 23.8 Å². The summed E-state index contributed by atoms with van der Waals surface area (Å²) in [6.45, 7) is 5.32. The van der Waals surface area contributed by atoms with Crippen molar-refractivity contribution >= 4 is 24.0 Å². The molecule has 2 aromatic heterocycles. The molecule has 0 radical (unpaired) electrons. The zero-order chi connectivity index (χ0) is 42.3. The Morgan fingerprint density at radius 1 is 0.717 bits per heavy atom. The van der Waals surface area contributed by atoms with Gasteiger partial charge in [0, 0.05) is 26.1 Å². The second kappa shape index (κ2) is 18.6. The fourth-order valence-electron chi connectivity index (χ4n) is 8.24. The van der Waals surface area contributed by atoms with Crippen molar-refractivity contribution in [1.29, 1.82) is 0 Å². The van der Waals surface area contributed by atoms with Crippen molar-refractivity contribution < 1.29 is 33.4 Å². The third-order valence-electron chi connectivity index (χ3n) is 11.4. The van der Waals surface area contributed by atoms with Gasteiger partial charge < -0.3 is 44.6 Å². The zero-order valence-corrected chi connectivity index (χ0v) is 34.5. The van der Waals surface area contributed by atoms with Crippen LogP contribution in [0, 0.1) is 11.8 Å². The summed E-state index contributed by atoms with van der Waals surface area (Å²) in [6.07, 6.45) is 4.52. The largest absolute Gasteiger partial charge is 0.453 e. The average molecular weight is 817 g/mol. The van der Waals surface area contributed by atoms with Crippen molar-refractivity contribution in [2.45, 2.75) is 57.3 Å². The number of benzene rings is 3. The van der Waals surface area contributed by atoms with Gasteiger partial charge in [-0.25, -0.2) is 19.6 Å². The fraction of sp³-hybridized carbons (Fsp3) is 0.378. The van der Waals surface area contributed by atoms with Crippen molar-refractivity contribution in [2.24, 2.45) is 11.8 Å². The number of hydrogen-bond acceptors (Lipinski definition) is 9. The van der Waals surface area contributed by atoms with Gasteiger partial charge in [-0.1, -0.05) is 92.7 Å². The lowest BCUT2D eigenvalue weighted by atomic mass is 10.0. The number of nitrogens with one attached hydrogen (secondary N) is 4. The molecule has 5 atom stereocenters. The highest BCUT2D eigenvalue weighted by Gasteiger charge is 2.41. The van der Waals surface area contributed by atoms with Crippen LogP contribution < -0.4 is 10.6 Å². The van der Waals surface area contributed by atoms with Crippen LogP contribution in [0.3, 0.4) is 0 Å². The van der Waals surface area contributed by atoms with Gasteiger partial charge in [-0.15, -0.1) is 0 Å². The zero-order valence-electron chi connectivity index (χ0n) is 34.5. The molecular weight excluding hydrogens is 765 g/mol. The SMILES string of the molecule is COC[C@H]1C[C@@H](c2ncc(-c3ccc(-c4ccc(-c5cnc([C@@H]6CCCN6C(=O)[C@@H](NC(=O)OC)C(C)C)[nH]5)cc4)cc3)[nH]2)N(C(=O)[C@H](NC(=O)OC)c2ccccc2)C1. The molecule has 7 rings (SSSR count). The first kappa shape index (κ1) is 41.7. The first-order valence-electron chi connectivity index (χ1n) is 20.2. The third kappa shape index (κ3) is 9.05. The van der Waals surface area contributed by atoms with Crippen LogP contribution in [0.2, 0.25) is 0 Å². The summed E-state index contributed by atoms with van der Waals surface area (Å²) in [6, 6.07) is 23.4. The van der Waals surface area contributed by atoms with Crippen LogP contribution in [0.25, 0.3) is 33.6 Å². The topological polar surface area (TPSA) is 184 Å². The summed E-state index contributed by atoms with van der Waals surface area (Å²) in [5.41, 5.74) is 6.30. The summed E-state index contributed by atoms with van der Waals surface area (Å²) in [5.74, 6) is 0.945.